The van der Waals surface area contributed by atoms with Gasteiger partial charge in [-0.3, -0.25) is 9.69 Å². The Morgan fingerprint density at radius 2 is 1.64 bits per heavy atom. The minimum absolute atomic E-state index is 0.156. The molecule has 1 fully saturated rings. The molecule has 33 heavy (non-hydrogen) atoms. The molecule has 5 rings (SSSR count). The summed E-state index contributed by atoms with van der Waals surface area (Å²) in [5, 5.41) is 1.60. The van der Waals surface area contributed by atoms with Gasteiger partial charge in [0, 0.05) is 27.4 Å². The van der Waals surface area contributed by atoms with Crippen LogP contribution < -0.4 is 4.74 Å². The molecule has 0 unspecified atom stereocenters. The number of benzene rings is 3. The van der Waals surface area contributed by atoms with Crippen molar-refractivity contribution in [3.63, 3.8) is 0 Å². The average Bonchev–Trinajstić information content (AvgIpc) is 3.12. The van der Waals surface area contributed by atoms with Crippen molar-refractivity contribution in [1.82, 2.24) is 9.47 Å². The van der Waals surface area contributed by atoms with Crippen molar-refractivity contribution in [2.45, 2.75) is 26.2 Å². The van der Waals surface area contributed by atoms with Crippen LogP contribution in [0.3, 0.4) is 0 Å². The second-order valence-corrected chi connectivity index (χ2v) is 9.06. The topological polar surface area (TPSA) is 34.5 Å². The van der Waals surface area contributed by atoms with Gasteiger partial charge >= 0.3 is 0 Å². The van der Waals surface area contributed by atoms with E-state index in [9.17, 15) is 4.79 Å². The summed E-state index contributed by atoms with van der Waals surface area (Å²) in [6.07, 6.45) is 3.57. The Kier molecular flexibility index (Phi) is 6.21. The lowest BCUT2D eigenvalue weighted by Gasteiger charge is -2.25. The minimum Gasteiger partial charge on any atom is -0.457 e. The number of Topliss-reactive ketones (excluding diaryl/α,β-unsaturated/α-hetero) is 1. The Balaban J connectivity index is 1.60. The van der Waals surface area contributed by atoms with E-state index in [1.807, 2.05) is 79.7 Å². The summed E-state index contributed by atoms with van der Waals surface area (Å²) in [7, 11) is 0. The predicted molar refractivity (Wildman–Crippen MR) is 134 cm³/mol. The van der Waals surface area contributed by atoms with E-state index in [4.69, 9.17) is 16.3 Å². The number of likely N-dealkylation sites (tertiary alicyclic amines) is 1. The van der Waals surface area contributed by atoms with Gasteiger partial charge < -0.3 is 9.30 Å². The summed E-state index contributed by atoms with van der Waals surface area (Å²) in [6.45, 7) is 4.45. The van der Waals surface area contributed by atoms with Gasteiger partial charge in [0.1, 0.15) is 11.5 Å². The van der Waals surface area contributed by atoms with E-state index in [-0.39, 0.29) is 5.78 Å². The number of ketones is 1. The number of hydrogen-bond donors (Lipinski definition) is 0. The van der Waals surface area contributed by atoms with Crippen LogP contribution in [0.4, 0.5) is 0 Å². The first-order valence-electron chi connectivity index (χ1n) is 11.5. The maximum atomic E-state index is 13.6. The summed E-state index contributed by atoms with van der Waals surface area (Å²) >= 11 is 6.13. The van der Waals surface area contributed by atoms with Crippen LogP contribution in [-0.2, 0) is 0 Å². The first-order valence-corrected chi connectivity index (χ1v) is 11.9. The number of halogens is 1. The lowest BCUT2D eigenvalue weighted by atomic mass is 10.0. The van der Waals surface area contributed by atoms with Crippen molar-refractivity contribution >= 4 is 28.3 Å². The van der Waals surface area contributed by atoms with Gasteiger partial charge in [0.2, 0.25) is 0 Å². The molecule has 2 heterocycles. The standard InChI is InChI=1S/C28H27ClN2O2/c1-20-28(27(32)19-30-16-6-3-7-17-30)25-18-24(33-23-8-4-2-5-9-23)14-15-26(25)31(20)22-12-10-21(29)11-13-22/h2,4-5,8-15,18H,3,6-7,16-17,19H2,1H3. The fraction of sp³-hybridized carbons (Fsp3) is 0.250. The third-order valence-electron chi connectivity index (χ3n) is 6.33. The second kappa shape index (κ2) is 9.42. The number of carbonyl (C=O) groups is 1. The molecule has 0 amide bonds. The molecule has 0 aliphatic carbocycles. The zero-order chi connectivity index (χ0) is 22.8. The number of hydrogen-bond acceptors (Lipinski definition) is 3. The van der Waals surface area contributed by atoms with Crippen LogP contribution in [0, 0.1) is 6.92 Å². The Labute approximate surface area is 199 Å². The van der Waals surface area contributed by atoms with Crippen molar-refractivity contribution < 1.29 is 9.53 Å². The van der Waals surface area contributed by atoms with Gasteiger partial charge in [-0.25, -0.2) is 0 Å². The molecule has 5 heteroatoms. The van der Waals surface area contributed by atoms with Crippen molar-refractivity contribution in [3.05, 3.63) is 89.1 Å². The summed E-state index contributed by atoms with van der Waals surface area (Å²) in [4.78, 5) is 15.9. The van der Waals surface area contributed by atoms with Crippen LogP contribution in [0.5, 0.6) is 11.5 Å². The molecule has 0 atom stereocenters. The first kappa shape index (κ1) is 21.7. The lowest BCUT2D eigenvalue weighted by molar-refractivity contribution is 0.0916. The Morgan fingerprint density at radius 3 is 2.36 bits per heavy atom. The molecular weight excluding hydrogens is 432 g/mol. The largest absolute Gasteiger partial charge is 0.457 e. The van der Waals surface area contributed by atoms with Crippen molar-refractivity contribution in [1.29, 1.82) is 0 Å². The smallest absolute Gasteiger partial charge is 0.179 e. The molecular formula is C28H27ClN2O2. The van der Waals surface area contributed by atoms with Crippen LogP contribution >= 0.6 is 11.6 Å². The minimum atomic E-state index is 0.156. The number of piperidine rings is 1. The molecule has 4 aromatic rings. The molecule has 0 spiro atoms. The number of carbonyl (C=O) groups excluding carboxylic acids is 1. The maximum Gasteiger partial charge on any atom is 0.179 e. The molecule has 0 radical (unpaired) electrons. The van der Waals surface area contributed by atoms with Gasteiger partial charge in [-0.05, 0) is 87.5 Å². The summed E-state index contributed by atoms with van der Waals surface area (Å²) in [5.41, 5.74) is 3.67. The fourth-order valence-corrected chi connectivity index (χ4v) is 4.89. The van der Waals surface area contributed by atoms with Crippen LogP contribution in [0.25, 0.3) is 16.6 Å². The molecule has 1 aromatic heterocycles. The first-order chi connectivity index (χ1) is 16.1. The number of aromatic nitrogens is 1. The van der Waals surface area contributed by atoms with Gasteiger partial charge in [0.25, 0.3) is 0 Å². The maximum absolute atomic E-state index is 13.6. The molecule has 1 aliphatic heterocycles. The van der Waals surface area contributed by atoms with Gasteiger partial charge in [0.15, 0.2) is 5.78 Å². The second-order valence-electron chi connectivity index (χ2n) is 8.63. The van der Waals surface area contributed by atoms with E-state index in [2.05, 4.69) is 9.47 Å². The normalized spacial score (nSPS) is 14.5. The Morgan fingerprint density at radius 1 is 0.909 bits per heavy atom. The number of nitrogens with zero attached hydrogens (tertiary/aromatic N) is 2. The van der Waals surface area contributed by atoms with Gasteiger partial charge in [-0.2, -0.15) is 0 Å². The summed E-state index contributed by atoms with van der Waals surface area (Å²) in [5.74, 6) is 1.64. The van der Waals surface area contributed by atoms with E-state index < -0.39 is 0 Å². The van der Waals surface area contributed by atoms with Gasteiger partial charge in [-0.15, -0.1) is 0 Å². The van der Waals surface area contributed by atoms with Crippen LogP contribution in [0.1, 0.15) is 35.3 Å². The monoisotopic (exact) mass is 458 g/mol. The van der Waals surface area contributed by atoms with Crippen molar-refractivity contribution in [2.75, 3.05) is 19.6 Å². The number of fused-ring (bicyclic) bond motifs is 1. The van der Waals surface area contributed by atoms with Crippen molar-refractivity contribution in [3.8, 4) is 17.2 Å². The molecule has 3 aromatic carbocycles. The highest BCUT2D eigenvalue weighted by Gasteiger charge is 2.24. The lowest BCUT2D eigenvalue weighted by Crippen LogP contribution is -2.34. The SMILES string of the molecule is Cc1c(C(=O)CN2CCCCC2)c2cc(Oc3ccccc3)ccc2n1-c1ccc(Cl)cc1. The number of ether oxygens (including phenoxy) is 1. The highest BCUT2D eigenvalue weighted by molar-refractivity contribution is 6.30. The summed E-state index contributed by atoms with van der Waals surface area (Å²) in [6, 6.07) is 23.4. The number of rotatable bonds is 6. The quantitative estimate of drug-likeness (QED) is 0.290. The van der Waals surface area contributed by atoms with E-state index in [1.54, 1.807) is 0 Å². The molecule has 0 N–H and O–H groups in total. The van der Waals surface area contributed by atoms with E-state index >= 15 is 0 Å². The number of para-hydroxylation sites is 1. The zero-order valence-electron chi connectivity index (χ0n) is 18.8. The highest BCUT2D eigenvalue weighted by Crippen LogP contribution is 2.34. The van der Waals surface area contributed by atoms with Crippen molar-refractivity contribution in [2.24, 2.45) is 0 Å². The van der Waals surface area contributed by atoms with Crippen LogP contribution in [-0.4, -0.2) is 34.9 Å². The third kappa shape index (κ3) is 4.54. The van der Waals surface area contributed by atoms with E-state index in [1.165, 1.54) is 6.42 Å². The molecule has 168 valence electrons. The molecule has 4 nitrogen and oxygen atoms in total. The predicted octanol–water partition coefficient (Wildman–Crippen LogP) is 7.05. The highest BCUT2D eigenvalue weighted by atomic mass is 35.5. The fourth-order valence-electron chi connectivity index (χ4n) is 4.76. The van der Waals surface area contributed by atoms with Gasteiger partial charge in [-0.1, -0.05) is 36.2 Å². The van der Waals surface area contributed by atoms with Crippen LogP contribution in [0.2, 0.25) is 5.02 Å². The van der Waals surface area contributed by atoms with Crippen LogP contribution in [0.15, 0.2) is 72.8 Å². The van der Waals surface area contributed by atoms with Gasteiger partial charge in [0.05, 0.1) is 12.1 Å². The molecule has 1 saturated heterocycles. The Bertz CT molecular complexity index is 1270. The average molecular weight is 459 g/mol. The van der Waals surface area contributed by atoms with E-state index in [0.717, 1.165) is 59.5 Å². The summed E-state index contributed by atoms with van der Waals surface area (Å²) < 4.78 is 8.23. The molecule has 1 aliphatic rings. The molecule has 0 saturated carbocycles. The molecule has 0 bridgehead atoms. The third-order valence-corrected chi connectivity index (χ3v) is 6.59. The van der Waals surface area contributed by atoms with E-state index in [0.29, 0.717) is 17.3 Å². The zero-order valence-corrected chi connectivity index (χ0v) is 19.5. The Hall–Kier alpha value is -3.08.